The highest BCUT2D eigenvalue weighted by atomic mass is 16.5. The van der Waals surface area contributed by atoms with Gasteiger partial charge in [0.1, 0.15) is 5.75 Å². The summed E-state index contributed by atoms with van der Waals surface area (Å²) in [5, 5.41) is 2.86. The van der Waals surface area contributed by atoms with Gasteiger partial charge in [0, 0.05) is 17.7 Å². The van der Waals surface area contributed by atoms with Gasteiger partial charge in [0.2, 0.25) is 5.91 Å². The molecule has 0 fully saturated rings. The molecule has 1 radical (unpaired) electrons. The maximum absolute atomic E-state index is 12.1. The number of nitrogens with one attached hydrogen (secondary N) is 1. The number of amides is 1. The molecule has 20 heavy (non-hydrogen) atoms. The van der Waals surface area contributed by atoms with E-state index in [1.807, 2.05) is 48.5 Å². The minimum absolute atomic E-state index is 0.0953. The molecule has 3 nitrogen and oxygen atoms in total. The van der Waals surface area contributed by atoms with Gasteiger partial charge in [0.15, 0.2) is 0 Å². The van der Waals surface area contributed by atoms with Crippen molar-refractivity contribution in [2.45, 2.75) is 6.42 Å². The van der Waals surface area contributed by atoms with E-state index < -0.39 is 0 Å². The van der Waals surface area contributed by atoms with Crippen LogP contribution in [0.2, 0.25) is 0 Å². The summed E-state index contributed by atoms with van der Waals surface area (Å²) in [6, 6.07) is 17.2. The summed E-state index contributed by atoms with van der Waals surface area (Å²) in [5.41, 5.74) is 1.82. The topological polar surface area (TPSA) is 38.3 Å². The van der Waals surface area contributed by atoms with E-state index in [1.54, 1.807) is 13.2 Å². The fraction of sp³-hybridized carbons (Fsp3) is 0.176. The average Bonchev–Trinajstić information content (AvgIpc) is 2.48. The maximum Gasteiger partial charge on any atom is 0.227 e. The molecular formula is C17H18NO2. The monoisotopic (exact) mass is 268 g/mol. The van der Waals surface area contributed by atoms with Gasteiger partial charge in [-0.3, -0.25) is 4.79 Å². The second-order valence-electron chi connectivity index (χ2n) is 4.61. The molecule has 1 N–H and O–H groups in total. The molecule has 3 heteroatoms. The summed E-state index contributed by atoms with van der Waals surface area (Å²) in [6.07, 6.45) is 0.622. The Balaban J connectivity index is 1.97. The molecule has 0 bridgehead atoms. The summed E-state index contributed by atoms with van der Waals surface area (Å²) < 4.78 is 5.13. The van der Waals surface area contributed by atoms with Crippen LogP contribution < -0.4 is 10.1 Å². The smallest absolute Gasteiger partial charge is 0.227 e. The number of anilines is 1. The Bertz CT molecular complexity index is 566. The van der Waals surface area contributed by atoms with Crippen LogP contribution >= 0.6 is 0 Å². The highest BCUT2D eigenvalue weighted by Gasteiger charge is 2.13. The maximum atomic E-state index is 12.1. The first-order valence-corrected chi connectivity index (χ1v) is 6.51. The van der Waals surface area contributed by atoms with Crippen molar-refractivity contribution in [2.75, 3.05) is 12.4 Å². The summed E-state index contributed by atoms with van der Waals surface area (Å²) >= 11 is 0. The first-order chi connectivity index (χ1) is 9.69. The van der Waals surface area contributed by atoms with Crippen LogP contribution in [-0.4, -0.2) is 13.0 Å². The quantitative estimate of drug-likeness (QED) is 0.903. The summed E-state index contributed by atoms with van der Waals surface area (Å²) in [6.45, 7) is 3.93. The molecule has 103 valence electrons. The highest BCUT2D eigenvalue weighted by molar-refractivity contribution is 5.93. The van der Waals surface area contributed by atoms with Crippen LogP contribution in [0, 0.1) is 12.8 Å². The molecule has 0 unspecified atom stereocenters. The molecule has 0 spiro atoms. The lowest BCUT2D eigenvalue weighted by atomic mass is 10.0. The molecule has 0 heterocycles. The first-order valence-electron chi connectivity index (χ1n) is 6.51. The zero-order chi connectivity index (χ0) is 14.4. The molecule has 0 aliphatic carbocycles. The van der Waals surface area contributed by atoms with E-state index in [9.17, 15) is 4.79 Å². The van der Waals surface area contributed by atoms with E-state index in [2.05, 4.69) is 12.2 Å². The van der Waals surface area contributed by atoms with Crippen LogP contribution in [0.5, 0.6) is 5.75 Å². The number of ether oxygens (including phenoxy) is 1. The Morgan fingerprint density at radius 1 is 1.20 bits per heavy atom. The van der Waals surface area contributed by atoms with Crippen molar-refractivity contribution in [2.24, 2.45) is 5.92 Å². The lowest BCUT2D eigenvalue weighted by Gasteiger charge is -2.12. The minimum atomic E-state index is -0.330. The second-order valence-corrected chi connectivity index (χ2v) is 4.61. The zero-order valence-electron chi connectivity index (χ0n) is 11.5. The Kier molecular flexibility index (Phi) is 4.77. The minimum Gasteiger partial charge on any atom is -0.497 e. The fourth-order valence-electron chi connectivity index (χ4n) is 1.94. The summed E-state index contributed by atoms with van der Waals surface area (Å²) in [4.78, 5) is 12.1. The Morgan fingerprint density at radius 2 is 1.95 bits per heavy atom. The zero-order valence-corrected chi connectivity index (χ0v) is 11.5. The van der Waals surface area contributed by atoms with Gasteiger partial charge in [-0.1, -0.05) is 36.4 Å². The molecule has 0 aliphatic rings. The second kappa shape index (κ2) is 6.75. The Hall–Kier alpha value is -2.29. The van der Waals surface area contributed by atoms with Crippen LogP contribution in [0.3, 0.4) is 0 Å². The van der Waals surface area contributed by atoms with E-state index in [1.165, 1.54) is 0 Å². The third kappa shape index (κ3) is 3.85. The molecule has 0 saturated heterocycles. The molecule has 0 saturated carbocycles. The summed E-state index contributed by atoms with van der Waals surface area (Å²) in [5.74, 6) is 0.289. The van der Waals surface area contributed by atoms with E-state index in [-0.39, 0.29) is 11.8 Å². The highest BCUT2D eigenvalue weighted by Crippen LogP contribution is 2.18. The third-order valence-electron chi connectivity index (χ3n) is 3.03. The van der Waals surface area contributed by atoms with Crippen molar-refractivity contribution >= 4 is 11.6 Å². The lowest BCUT2D eigenvalue weighted by molar-refractivity contribution is -0.118. The van der Waals surface area contributed by atoms with Crippen LogP contribution in [0.4, 0.5) is 5.69 Å². The average molecular weight is 268 g/mol. The van der Waals surface area contributed by atoms with E-state index >= 15 is 0 Å². The molecule has 1 atom stereocenters. The summed E-state index contributed by atoms with van der Waals surface area (Å²) in [7, 11) is 1.60. The van der Waals surface area contributed by atoms with Gasteiger partial charge in [-0.05, 0) is 31.0 Å². The van der Waals surface area contributed by atoms with Crippen molar-refractivity contribution in [3.05, 3.63) is 67.1 Å². The van der Waals surface area contributed by atoms with Gasteiger partial charge >= 0.3 is 0 Å². The molecule has 2 aromatic carbocycles. The molecule has 0 aromatic heterocycles. The fourth-order valence-corrected chi connectivity index (χ4v) is 1.94. The molecule has 0 aliphatic heterocycles. The van der Waals surface area contributed by atoms with Crippen molar-refractivity contribution in [3.8, 4) is 5.75 Å². The number of rotatable bonds is 5. The third-order valence-corrected chi connectivity index (χ3v) is 3.03. The van der Waals surface area contributed by atoms with Gasteiger partial charge in [-0.25, -0.2) is 0 Å². The number of hydrogen-bond donors (Lipinski definition) is 1. The molecule has 2 aromatic rings. The number of hydrogen-bond acceptors (Lipinski definition) is 2. The standard InChI is InChI=1S/C17H18NO2/c1-13(11-14-7-4-3-5-8-14)17(19)18-15-9-6-10-16(12-15)20-2/h3-10,12-13H,1,11H2,2H3,(H,18,19)/t13-/m0/s1. The largest absolute Gasteiger partial charge is 0.497 e. The van der Waals surface area contributed by atoms with Crippen molar-refractivity contribution in [1.82, 2.24) is 0 Å². The van der Waals surface area contributed by atoms with Gasteiger partial charge in [-0.2, -0.15) is 0 Å². The number of carbonyl (C=O) groups excluding carboxylic acids is 1. The van der Waals surface area contributed by atoms with E-state index in [0.717, 1.165) is 11.3 Å². The van der Waals surface area contributed by atoms with Crippen molar-refractivity contribution in [1.29, 1.82) is 0 Å². The van der Waals surface area contributed by atoms with Crippen molar-refractivity contribution in [3.63, 3.8) is 0 Å². The molecule has 2 rings (SSSR count). The molecule has 1 amide bonds. The molecular weight excluding hydrogens is 250 g/mol. The predicted molar refractivity (Wildman–Crippen MR) is 80.6 cm³/mol. The number of carbonyl (C=O) groups is 1. The van der Waals surface area contributed by atoms with Crippen LogP contribution in [0.15, 0.2) is 54.6 Å². The van der Waals surface area contributed by atoms with E-state index in [0.29, 0.717) is 12.2 Å². The van der Waals surface area contributed by atoms with Gasteiger partial charge in [0.05, 0.1) is 7.11 Å². The van der Waals surface area contributed by atoms with Crippen LogP contribution in [-0.2, 0) is 11.2 Å². The first kappa shape index (κ1) is 14.1. The Morgan fingerprint density at radius 3 is 2.65 bits per heavy atom. The SMILES string of the molecule is [CH2][C@@H](Cc1ccccc1)C(=O)Nc1cccc(OC)c1. The predicted octanol–water partition coefficient (Wildman–Crippen LogP) is 3.33. The van der Waals surface area contributed by atoms with Gasteiger partial charge in [-0.15, -0.1) is 0 Å². The number of methoxy groups -OCH3 is 1. The number of benzene rings is 2. The van der Waals surface area contributed by atoms with Crippen LogP contribution in [0.25, 0.3) is 0 Å². The lowest BCUT2D eigenvalue weighted by Crippen LogP contribution is -2.22. The van der Waals surface area contributed by atoms with Crippen molar-refractivity contribution < 1.29 is 9.53 Å². The van der Waals surface area contributed by atoms with E-state index in [4.69, 9.17) is 4.74 Å². The Labute approximate surface area is 119 Å². The van der Waals surface area contributed by atoms with Gasteiger partial charge in [0.25, 0.3) is 0 Å². The normalized spacial score (nSPS) is 11.7. The van der Waals surface area contributed by atoms with Gasteiger partial charge < -0.3 is 10.1 Å². The van der Waals surface area contributed by atoms with Crippen LogP contribution in [0.1, 0.15) is 5.56 Å².